The predicted molar refractivity (Wildman–Crippen MR) is 98.1 cm³/mol. The molecule has 1 fully saturated rings. The summed E-state index contributed by atoms with van der Waals surface area (Å²) in [6, 6.07) is 9.21. The number of hydrogen-bond donors (Lipinski definition) is 2. The SMILES string of the molecule is Cc1ccc(C(CNC(=O)[C@H]2CCN[C@@H](C)C2)N(C)C)cc1.Cl. The van der Waals surface area contributed by atoms with Gasteiger partial charge in [-0.25, -0.2) is 0 Å². The van der Waals surface area contributed by atoms with E-state index in [1.807, 2.05) is 0 Å². The minimum absolute atomic E-state index is 0. The number of halogens is 1. The smallest absolute Gasteiger partial charge is 0.223 e. The highest BCUT2D eigenvalue weighted by molar-refractivity contribution is 5.85. The molecule has 0 aromatic heterocycles. The average Bonchev–Trinajstić information content (AvgIpc) is 2.48. The van der Waals surface area contributed by atoms with Crippen LogP contribution in [0.3, 0.4) is 0 Å². The molecule has 1 amide bonds. The van der Waals surface area contributed by atoms with Gasteiger partial charge >= 0.3 is 0 Å². The summed E-state index contributed by atoms with van der Waals surface area (Å²) in [7, 11) is 4.12. The quantitative estimate of drug-likeness (QED) is 0.866. The molecule has 0 aliphatic carbocycles. The van der Waals surface area contributed by atoms with E-state index in [0.717, 1.165) is 19.4 Å². The van der Waals surface area contributed by atoms with Gasteiger partial charge < -0.3 is 15.5 Å². The number of rotatable bonds is 5. The first kappa shape index (κ1) is 19.9. The third-order valence-corrected chi connectivity index (χ3v) is 4.55. The van der Waals surface area contributed by atoms with E-state index in [0.29, 0.717) is 12.6 Å². The Kier molecular flexibility index (Phi) is 8.03. The fourth-order valence-electron chi connectivity index (χ4n) is 3.10. The molecule has 1 aromatic rings. The van der Waals surface area contributed by atoms with Crippen LogP contribution >= 0.6 is 12.4 Å². The normalized spacial score (nSPS) is 22.3. The fourth-order valence-corrected chi connectivity index (χ4v) is 3.10. The summed E-state index contributed by atoms with van der Waals surface area (Å²) in [5, 5.41) is 6.55. The number of carbonyl (C=O) groups excluding carboxylic acids is 1. The van der Waals surface area contributed by atoms with Crippen molar-refractivity contribution in [3.63, 3.8) is 0 Å². The van der Waals surface area contributed by atoms with Crippen LogP contribution in [0.2, 0.25) is 0 Å². The molecule has 130 valence electrons. The Morgan fingerprint density at radius 1 is 1.35 bits per heavy atom. The van der Waals surface area contributed by atoms with Crippen molar-refractivity contribution in [1.29, 1.82) is 0 Å². The van der Waals surface area contributed by atoms with Gasteiger partial charge in [-0.2, -0.15) is 0 Å². The Balaban J connectivity index is 0.00000264. The summed E-state index contributed by atoms with van der Waals surface area (Å²) in [5.74, 6) is 0.351. The van der Waals surface area contributed by atoms with E-state index in [4.69, 9.17) is 0 Å². The summed E-state index contributed by atoms with van der Waals surface area (Å²) in [6.07, 6.45) is 1.87. The van der Waals surface area contributed by atoms with Gasteiger partial charge in [0.25, 0.3) is 0 Å². The number of piperidine rings is 1. The van der Waals surface area contributed by atoms with Crippen molar-refractivity contribution in [2.45, 2.75) is 38.8 Å². The second kappa shape index (κ2) is 9.26. The van der Waals surface area contributed by atoms with Crippen molar-refractivity contribution in [1.82, 2.24) is 15.5 Å². The number of aryl methyl sites for hydroxylation is 1. The lowest BCUT2D eigenvalue weighted by atomic mass is 9.92. The van der Waals surface area contributed by atoms with Crippen molar-refractivity contribution in [2.75, 3.05) is 27.2 Å². The van der Waals surface area contributed by atoms with Crippen LogP contribution in [-0.2, 0) is 4.79 Å². The summed E-state index contributed by atoms with van der Waals surface area (Å²) in [4.78, 5) is 14.6. The molecular formula is C18H30ClN3O. The Bertz CT molecular complexity index is 490. The zero-order chi connectivity index (χ0) is 16.1. The Morgan fingerprint density at radius 3 is 2.57 bits per heavy atom. The largest absolute Gasteiger partial charge is 0.354 e. The molecule has 1 heterocycles. The molecule has 4 nitrogen and oxygen atoms in total. The van der Waals surface area contributed by atoms with Crippen molar-refractivity contribution in [3.8, 4) is 0 Å². The Hall–Kier alpha value is -1.10. The molecule has 1 aromatic carbocycles. The second-order valence-electron chi connectivity index (χ2n) is 6.71. The first-order chi connectivity index (χ1) is 10.5. The minimum atomic E-state index is 0. The number of nitrogens with zero attached hydrogens (tertiary/aromatic N) is 1. The molecule has 0 radical (unpaired) electrons. The second-order valence-corrected chi connectivity index (χ2v) is 6.71. The van der Waals surface area contributed by atoms with E-state index in [1.54, 1.807) is 0 Å². The Morgan fingerprint density at radius 2 is 2.00 bits per heavy atom. The van der Waals surface area contributed by atoms with E-state index in [1.165, 1.54) is 11.1 Å². The van der Waals surface area contributed by atoms with E-state index in [9.17, 15) is 4.79 Å². The van der Waals surface area contributed by atoms with Crippen LogP contribution in [0.5, 0.6) is 0 Å². The van der Waals surface area contributed by atoms with Crippen LogP contribution < -0.4 is 10.6 Å². The van der Waals surface area contributed by atoms with Crippen molar-refractivity contribution in [2.24, 2.45) is 5.92 Å². The molecule has 1 unspecified atom stereocenters. The molecule has 3 atom stereocenters. The van der Waals surface area contributed by atoms with Gasteiger partial charge in [0.2, 0.25) is 5.91 Å². The minimum Gasteiger partial charge on any atom is -0.354 e. The molecule has 0 spiro atoms. The number of carbonyl (C=O) groups is 1. The van der Waals surface area contributed by atoms with Crippen molar-refractivity contribution < 1.29 is 4.79 Å². The zero-order valence-electron chi connectivity index (χ0n) is 14.6. The van der Waals surface area contributed by atoms with Crippen LogP contribution in [0, 0.1) is 12.8 Å². The lowest BCUT2D eigenvalue weighted by Crippen LogP contribution is -2.44. The van der Waals surface area contributed by atoms with E-state index < -0.39 is 0 Å². The van der Waals surface area contributed by atoms with E-state index in [-0.39, 0.29) is 30.3 Å². The van der Waals surface area contributed by atoms with Crippen LogP contribution in [0.1, 0.15) is 36.9 Å². The number of hydrogen-bond acceptors (Lipinski definition) is 3. The van der Waals surface area contributed by atoms with Gasteiger partial charge in [-0.05, 0) is 52.9 Å². The van der Waals surface area contributed by atoms with Gasteiger partial charge in [0.15, 0.2) is 0 Å². The third-order valence-electron chi connectivity index (χ3n) is 4.55. The molecule has 0 bridgehead atoms. The lowest BCUT2D eigenvalue weighted by Gasteiger charge is -2.29. The molecular weight excluding hydrogens is 310 g/mol. The lowest BCUT2D eigenvalue weighted by molar-refractivity contribution is -0.126. The standard InChI is InChI=1S/C18H29N3O.ClH/c1-13-5-7-15(8-6-13)17(21(3)4)12-20-18(22)16-9-10-19-14(2)11-16;/h5-8,14,16-17,19H,9-12H2,1-4H3,(H,20,22);1H/t14-,16-,17?;/m0./s1. The zero-order valence-corrected chi connectivity index (χ0v) is 15.5. The highest BCUT2D eigenvalue weighted by Crippen LogP contribution is 2.20. The highest BCUT2D eigenvalue weighted by atomic mass is 35.5. The highest BCUT2D eigenvalue weighted by Gasteiger charge is 2.25. The predicted octanol–water partition coefficient (Wildman–Crippen LogP) is 2.52. The summed E-state index contributed by atoms with van der Waals surface area (Å²) < 4.78 is 0. The van der Waals surface area contributed by atoms with Gasteiger partial charge in [-0.1, -0.05) is 29.8 Å². The number of nitrogens with one attached hydrogen (secondary N) is 2. The molecule has 2 N–H and O–H groups in total. The number of benzene rings is 1. The molecule has 2 rings (SSSR count). The first-order valence-corrected chi connectivity index (χ1v) is 8.21. The molecule has 23 heavy (non-hydrogen) atoms. The van der Waals surface area contributed by atoms with Gasteiger partial charge in [-0.15, -0.1) is 12.4 Å². The van der Waals surface area contributed by atoms with Crippen LogP contribution in [-0.4, -0.2) is 44.0 Å². The first-order valence-electron chi connectivity index (χ1n) is 8.21. The number of likely N-dealkylation sites (N-methyl/N-ethyl adjacent to an activating group) is 1. The summed E-state index contributed by atoms with van der Waals surface area (Å²) in [6.45, 7) is 5.84. The summed E-state index contributed by atoms with van der Waals surface area (Å²) in [5.41, 5.74) is 2.50. The summed E-state index contributed by atoms with van der Waals surface area (Å²) >= 11 is 0. The van der Waals surface area contributed by atoms with Crippen molar-refractivity contribution in [3.05, 3.63) is 35.4 Å². The molecule has 5 heteroatoms. The van der Waals surface area contributed by atoms with Gasteiger partial charge in [-0.3, -0.25) is 4.79 Å². The van der Waals surface area contributed by atoms with Crippen LogP contribution in [0.15, 0.2) is 24.3 Å². The maximum absolute atomic E-state index is 12.4. The molecule has 1 aliphatic heterocycles. The number of amides is 1. The van der Waals surface area contributed by atoms with Crippen LogP contribution in [0.4, 0.5) is 0 Å². The Labute approximate surface area is 146 Å². The maximum Gasteiger partial charge on any atom is 0.223 e. The van der Waals surface area contributed by atoms with E-state index >= 15 is 0 Å². The molecule has 1 aliphatic rings. The van der Waals surface area contributed by atoms with Gasteiger partial charge in [0.1, 0.15) is 0 Å². The van der Waals surface area contributed by atoms with Crippen LogP contribution in [0.25, 0.3) is 0 Å². The average molecular weight is 340 g/mol. The van der Waals surface area contributed by atoms with Gasteiger partial charge in [0, 0.05) is 18.5 Å². The topological polar surface area (TPSA) is 44.4 Å². The third kappa shape index (κ3) is 5.79. The monoisotopic (exact) mass is 339 g/mol. The van der Waals surface area contributed by atoms with Gasteiger partial charge in [0.05, 0.1) is 6.04 Å². The fraction of sp³-hybridized carbons (Fsp3) is 0.611. The maximum atomic E-state index is 12.4. The van der Waals surface area contributed by atoms with Crippen molar-refractivity contribution >= 4 is 18.3 Å². The molecule has 1 saturated heterocycles. The molecule has 0 saturated carbocycles. The van der Waals surface area contributed by atoms with E-state index in [2.05, 4.69) is 67.7 Å².